The molecule has 3 amide bonds. The highest BCUT2D eigenvalue weighted by Crippen LogP contribution is 2.05. The summed E-state index contributed by atoms with van der Waals surface area (Å²) in [6.45, 7) is 3.65. The number of rotatable bonds is 6. The molecule has 0 bridgehead atoms. The van der Waals surface area contributed by atoms with Gasteiger partial charge < -0.3 is 15.5 Å². The Morgan fingerprint density at radius 2 is 2.11 bits per heavy atom. The van der Waals surface area contributed by atoms with E-state index in [4.69, 9.17) is 0 Å². The summed E-state index contributed by atoms with van der Waals surface area (Å²) < 4.78 is 0. The van der Waals surface area contributed by atoms with Crippen molar-refractivity contribution in [2.24, 2.45) is 0 Å². The molecule has 6 heteroatoms. The molecule has 1 fully saturated rings. The largest absolute Gasteiger partial charge is 0.356 e. The van der Waals surface area contributed by atoms with E-state index >= 15 is 0 Å². The van der Waals surface area contributed by atoms with Gasteiger partial charge in [0.2, 0.25) is 17.7 Å². The quantitative estimate of drug-likeness (QED) is 0.668. The van der Waals surface area contributed by atoms with Crippen LogP contribution in [0.1, 0.15) is 39.0 Å². The molecular formula is C13H23N3O3. The number of carbonyl (C=O) groups is 3. The Kier molecular flexibility index (Phi) is 6.92. The summed E-state index contributed by atoms with van der Waals surface area (Å²) >= 11 is 0. The van der Waals surface area contributed by atoms with Crippen LogP contribution < -0.4 is 10.6 Å². The minimum atomic E-state index is -0.0727. The molecule has 0 aliphatic carbocycles. The molecule has 1 saturated heterocycles. The van der Waals surface area contributed by atoms with Gasteiger partial charge in [-0.3, -0.25) is 14.4 Å². The van der Waals surface area contributed by atoms with Gasteiger partial charge in [-0.2, -0.15) is 0 Å². The zero-order valence-corrected chi connectivity index (χ0v) is 11.5. The Hall–Kier alpha value is -1.59. The van der Waals surface area contributed by atoms with Crippen molar-refractivity contribution in [3.8, 4) is 0 Å². The third kappa shape index (κ3) is 6.79. The van der Waals surface area contributed by atoms with Gasteiger partial charge >= 0.3 is 0 Å². The lowest BCUT2D eigenvalue weighted by molar-refractivity contribution is -0.135. The number of carbonyl (C=O) groups excluding carboxylic acids is 3. The summed E-state index contributed by atoms with van der Waals surface area (Å²) in [4.78, 5) is 35.5. The fourth-order valence-corrected chi connectivity index (χ4v) is 2.02. The third-order valence-corrected chi connectivity index (χ3v) is 3.06. The molecule has 1 heterocycles. The summed E-state index contributed by atoms with van der Waals surface area (Å²) in [6.07, 6.45) is 3.89. The van der Waals surface area contributed by atoms with Gasteiger partial charge in [0.05, 0.1) is 6.54 Å². The highest BCUT2D eigenvalue weighted by Gasteiger charge is 2.18. The number of nitrogens with one attached hydrogen (secondary N) is 2. The second-order valence-corrected chi connectivity index (χ2v) is 4.81. The maximum absolute atomic E-state index is 11.9. The number of unbranched alkanes of at least 4 members (excludes halogenated alkanes) is 2. The second-order valence-electron chi connectivity index (χ2n) is 4.81. The van der Waals surface area contributed by atoms with Crippen LogP contribution in [0.5, 0.6) is 0 Å². The van der Waals surface area contributed by atoms with Crippen molar-refractivity contribution in [2.45, 2.75) is 39.0 Å². The Morgan fingerprint density at radius 3 is 2.84 bits per heavy atom. The predicted molar refractivity (Wildman–Crippen MR) is 71.4 cm³/mol. The summed E-state index contributed by atoms with van der Waals surface area (Å²) in [6, 6.07) is 0. The number of hydrogen-bond donors (Lipinski definition) is 2. The molecule has 0 saturated carbocycles. The van der Waals surface area contributed by atoms with Gasteiger partial charge in [0.25, 0.3) is 0 Å². The van der Waals surface area contributed by atoms with Crippen LogP contribution in [0.15, 0.2) is 0 Å². The van der Waals surface area contributed by atoms with Gasteiger partial charge in [-0.05, 0) is 19.3 Å². The predicted octanol–water partition coefficient (Wildman–Crippen LogP) is 0.0314. The molecule has 0 atom stereocenters. The second kappa shape index (κ2) is 8.50. The van der Waals surface area contributed by atoms with Crippen LogP contribution in [0.2, 0.25) is 0 Å². The van der Waals surface area contributed by atoms with Crippen LogP contribution in [0.3, 0.4) is 0 Å². The Bertz CT molecular complexity index is 331. The topological polar surface area (TPSA) is 78.5 Å². The lowest BCUT2D eigenvalue weighted by Crippen LogP contribution is -2.37. The van der Waals surface area contributed by atoms with Crippen molar-refractivity contribution in [1.29, 1.82) is 0 Å². The fraction of sp³-hybridized carbons (Fsp3) is 0.769. The molecule has 0 unspecified atom stereocenters. The normalized spacial score (nSPS) is 15.6. The van der Waals surface area contributed by atoms with E-state index in [1.807, 2.05) is 0 Å². The van der Waals surface area contributed by atoms with Crippen LogP contribution in [0, 0.1) is 0 Å². The molecule has 1 aliphatic heterocycles. The maximum atomic E-state index is 11.9. The lowest BCUT2D eigenvalue weighted by Gasteiger charge is -2.18. The van der Waals surface area contributed by atoms with Gasteiger partial charge in [0, 0.05) is 33.0 Å². The molecule has 0 radical (unpaired) electrons. The average Bonchev–Trinajstić information content (AvgIpc) is 2.57. The molecule has 0 aromatic rings. The van der Waals surface area contributed by atoms with Gasteiger partial charge in [-0.1, -0.05) is 6.42 Å². The van der Waals surface area contributed by atoms with Gasteiger partial charge in [-0.25, -0.2) is 0 Å². The average molecular weight is 269 g/mol. The summed E-state index contributed by atoms with van der Waals surface area (Å²) in [5.41, 5.74) is 0. The molecule has 6 nitrogen and oxygen atoms in total. The standard InChI is InChI=1S/C13H23N3O3/c1-11(17)14-7-4-2-3-6-13(19)16-9-5-8-15-12(18)10-16/h2-10H2,1H3,(H,14,17)(H,15,18). The summed E-state index contributed by atoms with van der Waals surface area (Å²) in [5.74, 6) is -0.0419. The Labute approximate surface area is 113 Å². The monoisotopic (exact) mass is 269 g/mol. The van der Waals surface area contributed by atoms with E-state index < -0.39 is 0 Å². The lowest BCUT2D eigenvalue weighted by atomic mass is 10.1. The molecule has 1 aliphatic rings. The smallest absolute Gasteiger partial charge is 0.239 e. The zero-order valence-electron chi connectivity index (χ0n) is 11.5. The molecule has 0 aromatic carbocycles. The molecule has 0 aromatic heterocycles. The Balaban J connectivity index is 2.12. The van der Waals surface area contributed by atoms with Crippen LogP contribution >= 0.6 is 0 Å². The first kappa shape index (κ1) is 15.5. The molecule has 108 valence electrons. The SMILES string of the molecule is CC(=O)NCCCCCC(=O)N1CCCNC(=O)C1. The van der Waals surface area contributed by atoms with Crippen LogP contribution in [-0.4, -0.2) is 48.8 Å². The van der Waals surface area contributed by atoms with Crippen LogP contribution in [-0.2, 0) is 14.4 Å². The van der Waals surface area contributed by atoms with Crippen LogP contribution in [0.25, 0.3) is 0 Å². The van der Waals surface area contributed by atoms with Crippen molar-refractivity contribution >= 4 is 17.7 Å². The van der Waals surface area contributed by atoms with Crippen molar-refractivity contribution in [2.75, 3.05) is 26.2 Å². The van der Waals surface area contributed by atoms with E-state index in [-0.39, 0.29) is 24.3 Å². The van der Waals surface area contributed by atoms with E-state index in [0.29, 0.717) is 26.1 Å². The first-order chi connectivity index (χ1) is 9.09. The number of hydrogen-bond acceptors (Lipinski definition) is 3. The molecular weight excluding hydrogens is 246 g/mol. The van der Waals surface area contributed by atoms with Crippen molar-refractivity contribution in [3.05, 3.63) is 0 Å². The van der Waals surface area contributed by atoms with E-state index in [9.17, 15) is 14.4 Å². The molecule has 2 N–H and O–H groups in total. The first-order valence-electron chi connectivity index (χ1n) is 6.88. The molecule has 1 rings (SSSR count). The maximum Gasteiger partial charge on any atom is 0.239 e. The minimum Gasteiger partial charge on any atom is -0.356 e. The van der Waals surface area contributed by atoms with E-state index in [2.05, 4.69) is 10.6 Å². The fourth-order valence-electron chi connectivity index (χ4n) is 2.02. The number of nitrogens with zero attached hydrogens (tertiary/aromatic N) is 1. The number of amides is 3. The Morgan fingerprint density at radius 1 is 1.32 bits per heavy atom. The highest BCUT2D eigenvalue weighted by atomic mass is 16.2. The van der Waals surface area contributed by atoms with Crippen LogP contribution in [0.4, 0.5) is 0 Å². The summed E-state index contributed by atoms with van der Waals surface area (Å²) in [7, 11) is 0. The summed E-state index contributed by atoms with van der Waals surface area (Å²) in [5, 5.41) is 5.47. The van der Waals surface area contributed by atoms with Gasteiger partial charge in [0.1, 0.15) is 0 Å². The molecule has 19 heavy (non-hydrogen) atoms. The van der Waals surface area contributed by atoms with Crippen molar-refractivity contribution in [3.63, 3.8) is 0 Å². The van der Waals surface area contributed by atoms with Crippen molar-refractivity contribution in [1.82, 2.24) is 15.5 Å². The molecule has 0 spiro atoms. The first-order valence-corrected chi connectivity index (χ1v) is 6.88. The zero-order chi connectivity index (χ0) is 14.1. The van der Waals surface area contributed by atoms with E-state index in [1.54, 1.807) is 4.90 Å². The van der Waals surface area contributed by atoms with Gasteiger partial charge in [-0.15, -0.1) is 0 Å². The highest BCUT2D eigenvalue weighted by molar-refractivity contribution is 5.85. The minimum absolute atomic E-state index is 0.0216. The van der Waals surface area contributed by atoms with E-state index in [1.165, 1.54) is 6.92 Å². The van der Waals surface area contributed by atoms with Crippen molar-refractivity contribution < 1.29 is 14.4 Å². The van der Waals surface area contributed by atoms with Gasteiger partial charge in [0.15, 0.2) is 0 Å². The van der Waals surface area contributed by atoms with E-state index in [0.717, 1.165) is 25.7 Å². The third-order valence-electron chi connectivity index (χ3n) is 3.06.